The average molecular weight is 324 g/mol. The Hall–Kier alpha value is -0.640. The van der Waals surface area contributed by atoms with Gasteiger partial charge >= 0.3 is 0 Å². The Balaban J connectivity index is 2.30. The third-order valence-corrected chi connectivity index (χ3v) is 4.40. The molecule has 0 aliphatic carbocycles. The molecule has 1 unspecified atom stereocenters. The monoisotopic (exact) mass is 323 g/mol. The van der Waals surface area contributed by atoms with Gasteiger partial charge in [0.2, 0.25) is 0 Å². The van der Waals surface area contributed by atoms with Crippen molar-refractivity contribution in [3.8, 4) is 0 Å². The molecule has 3 heteroatoms. The minimum Gasteiger partial charge on any atom is -0.306 e. The molecule has 1 heterocycles. The zero-order valence-electron chi connectivity index (χ0n) is 10.7. The van der Waals surface area contributed by atoms with Gasteiger partial charge in [0.25, 0.3) is 0 Å². The summed E-state index contributed by atoms with van der Waals surface area (Å²) < 4.78 is 1.13. The number of thiophene rings is 1. The molecule has 2 aromatic rings. The molecule has 0 amide bonds. The highest BCUT2D eigenvalue weighted by atomic mass is 79.9. The van der Waals surface area contributed by atoms with Gasteiger partial charge in [0.1, 0.15) is 0 Å². The molecule has 0 fully saturated rings. The Morgan fingerprint density at radius 2 is 1.94 bits per heavy atom. The van der Waals surface area contributed by atoms with Crippen LogP contribution in [0.3, 0.4) is 0 Å². The van der Waals surface area contributed by atoms with E-state index in [0.29, 0.717) is 6.04 Å². The molecule has 1 nitrogen and oxygen atoms in total. The molecule has 1 atom stereocenters. The predicted molar refractivity (Wildman–Crippen MR) is 83.3 cm³/mol. The first kappa shape index (κ1) is 13.8. The van der Waals surface area contributed by atoms with Crippen molar-refractivity contribution in [2.45, 2.75) is 26.3 Å². The van der Waals surface area contributed by atoms with Crippen LogP contribution in [-0.2, 0) is 0 Å². The van der Waals surface area contributed by atoms with E-state index in [4.69, 9.17) is 0 Å². The van der Waals surface area contributed by atoms with Gasteiger partial charge in [-0.25, -0.2) is 0 Å². The number of hydrogen-bond donors (Lipinski definition) is 1. The standard InChI is InChI=1S/C15H18BrNS/c1-3-9-17-15(14-8-10-18-11(14)2)12-4-6-13(16)7-5-12/h4-8,10,15,17H,3,9H2,1-2H3. The summed E-state index contributed by atoms with van der Waals surface area (Å²) >= 11 is 5.31. The van der Waals surface area contributed by atoms with Crippen LogP contribution in [0.25, 0.3) is 0 Å². The predicted octanol–water partition coefficient (Wildman–Crippen LogP) is 4.91. The third kappa shape index (κ3) is 3.22. The smallest absolute Gasteiger partial charge is 0.0587 e. The maximum absolute atomic E-state index is 3.64. The maximum atomic E-state index is 3.64. The Labute approximate surface area is 121 Å². The highest BCUT2D eigenvalue weighted by Gasteiger charge is 2.15. The molecular formula is C15H18BrNS. The van der Waals surface area contributed by atoms with Gasteiger partial charge in [-0.05, 0) is 54.6 Å². The summed E-state index contributed by atoms with van der Waals surface area (Å²) in [6.07, 6.45) is 1.15. The van der Waals surface area contributed by atoms with Gasteiger partial charge in [-0.3, -0.25) is 0 Å². The van der Waals surface area contributed by atoms with Gasteiger partial charge < -0.3 is 5.32 Å². The number of benzene rings is 1. The first-order valence-electron chi connectivity index (χ1n) is 6.25. The van der Waals surface area contributed by atoms with Crippen LogP contribution in [0.4, 0.5) is 0 Å². The molecule has 0 spiro atoms. The van der Waals surface area contributed by atoms with Crippen molar-refractivity contribution < 1.29 is 0 Å². The van der Waals surface area contributed by atoms with Crippen LogP contribution in [0.2, 0.25) is 0 Å². The van der Waals surface area contributed by atoms with E-state index in [-0.39, 0.29) is 0 Å². The van der Waals surface area contributed by atoms with Gasteiger partial charge in [-0.2, -0.15) is 0 Å². The second-order valence-corrected chi connectivity index (χ2v) is 6.41. The van der Waals surface area contributed by atoms with Gasteiger partial charge in [0.15, 0.2) is 0 Å². The largest absolute Gasteiger partial charge is 0.306 e. The molecule has 18 heavy (non-hydrogen) atoms. The molecule has 2 rings (SSSR count). The van der Waals surface area contributed by atoms with Gasteiger partial charge in [-0.1, -0.05) is 35.0 Å². The maximum Gasteiger partial charge on any atom is 0.0587 e. The van der Waals surface area contributed by atoms with Crippen LogP contribution >= 0.6 is 27.3 Å². The summed E-state index contributed by atoms with van der Waals surface area (Å²) in [4.78, 5) is 1.39. The lowest BCUT2D eigenvalue weighted by atomic mass is 9.99. The van der Waals surface area contributed by atoms with E-state index in [9.17, 15) is 0 Å². The van der Waals surface area contributed by atoms with Crippen molar-refractivity contribution in [1.29, 1.82) is 0 Å². The summed E-state index contributed by atoms with van der Waals surface area (Å²) in [5.74, 6) is 0. The minimum absolute atomic E-state index is 0.310. The molecule has 0 aliphatic heterocycles. The highest BCUT2D eigenvalue weighted by molar-refractivity contribution is 9.10. The van der Waals surface area contributed by atoms with E-state index in [2.05, 4.69) is 70.8 Å². The second kappa shape index (κ2) is 6.50. The van der Waals surface area contributed by atoms with E-state index in [0.717, 1.165) is 17.4 Å². The van der Waals surface area contributed by atoms with E-state index in [1.165, 1.54) is 16.0 Å². The third-order valence-electron chi connectivity index (χ3n) is 3.01. The molecule has 0 saturated carbocycles. The fraction of sp³-hybridized carbons (Fsp3) is 0.333. The van der Waals surface area contributed by atoms with Crippen LogP contribution in [0.15, 0.2) is 40.2 Å². The van der Waals surface area contributed by atoms with Crippen molar-refractivity contribution in [3.05, 3.63) is 56.2 Å². The lowest BCUT2D eigenvalue weighted by Gasteiger charge is -2.19. The summed E-state index contributed by atoms with van der Waals surface area (Å²) in [6.45, 7) is 5.43. The quantitative estimate of drug-likeness (QED) is 0.824. The highest BCUT2D eigenvalue weighted by Crippen LogP contribution is 2.28. The average Bonchev–Trinajstić information content (AvgIpc) is 2.78. The molecule has 1 N–H and O–H groups in total. The van der Waals surface area contributed by atoms with Crippen LogP contribution in [0.5, 0.6) is 0 Å². The molecule has 1 aromatic carbocycles. The molecule has 1 aromatic heterocycles. The number of hydrogen-bond acceptors (Lipinski definition) is 2. The Kier molecular flexibility index (Phi) is 4.98. The van der Waals surface area contributed by atoms with Crippen molar-refractivity contribution >= 4 is 27.3 Å². The normalized spacial score (nSPS) is 12.6. The second-order valence-electron chi connectivity index (χ2n) is 4.37. The molecular weight excluding hydrogens is 306 g/mol. The zero-order chi connectivity index (χ0) is 13.0. The van der Waals surface area contributed by atoms with Crippen molar-refractivity contribution in [3.63, 3.8) is 0 Å². The molecule has 0 saturated heterocycles. The number of halogens is 1. The van der Waals surface area contributed by atoms with Crippen LogP contribution in [0.1, 0.15) is 35.4 Å². The lowest BCUT2D eigenvalue weighted by Crippen LogP contribution is -2.23. The summed E-state index contributed by atoms with van der Waals surface area (Å²) in [7, 11) is 0. The van der Waals surface area contributed by atoms with E-state index >= 15 is 0 Å². The van der Waals surface area contributed by atoms with Crippen molar-refractivity contribution in [2.24, 2.45) is 0 Å². The van der Waals surface area contributed by atoms with E-state index < -0.39 is 0 Å². The van der Waals surface area contributed by atoms with E-state index in [1.54, 1.807) is 0 Å². The van der Waals surface area contributed by atoms with Crippen LogP contribution in [-0.4, -0.2) is 6.54 Å². The molecule has 0 radical (unpaired) electrons. The van der Waals surface area contributed by atoms with Crippen LogP contribution < -0.4 is 5.32 Å². The first-order chi connectivity index (χ1) is 8.72. The number of aryl methyl sites for hydroxylation is 1. The first-order valence-corrected chi connectivity index (χ1v) is 7.92. The van der Waals surface area contributed by atoms with Gasteiger partial charge in [-0.15, -0.1) is 11.3 Å². The van der Waals surface area contributed by atoms with Gasteiger partial charge in [0, 0.05) is 9.35 Å². The van der Waals surface area contributed by atoms with Crippen molar-refractivity contribution in [1.82, 2.24) is 5.32 Å². The van der Waals surface area contributed by atoms with Crippen LogP contribution in [0, 0.1) is 6.92 Å². The van der Waals surface area contributed by atoms with Gasteiger partial charge in [0.05, 0.1) is 6.04 Å². The zero-order valence-corrected chi connectivity index (χ0v) is 13.1. The minimum atomic E-state index is 0.310. The number of nitrogens with one attached hydrogen (secondary N) is 1. The topological polar surface area (TPSA) is 12.0 Å². The molecule has 0 aliphatic rings. The lowest BCUT2D eigenvalue weighted by molar-refractivity contribution is 0.598. The summed E-state index contributed by atoms with van der Waals surface area (Å²) in [5, 5.41) is 5.81. The molecule has 96 valence electrons. The fourth-order valence-electron chi connectivity index (χ4n) is 2.05. The molecule has 0 bridgehead atoms. The number of rotatable bonds is 5. The van der Waals surface area contributed by atoms with Crippen molar-refractivity contribution in [2.75, 3.05) is 6.54 Å². The Morgan fingerprint density at radius 3 is 2.50 bits per heavy atom. The fourth-order valence-corrected chi connectivity index (χ4v) is 3.05. The summed E-state index contributed by atoms with van der Waals surface area (Å²) in [6, 6.07) is 11.1. The van der Waals surface area contributed by atoms with E-state index in [1.807, 2.05) is 11.3 Å². The Bertz CT molecular complexity index is 489. The Morgan fingerprint density at radius 1 is 1.22 bits per heavy atom. The summed E-state index contributed by atoms with van der Waals surface area (Å²) in [5.41, 5.74) is 2.73. The SMILES string of the molecule is CCCNC(c1ccc(Br)cc1)c1ccsc1C.